The molecule has 0 fully saturated rings. The van der Waals surface area contributed by atoms with E-state index in [0.29, 0.717) is 5.56 Å². The number of nitrogens with one attached hydrogen (secondary N) is 1. The molecule has 1 atom stereocenters. The van der Waals surface area contributed by atoms with Crippen LogP contribution in [0.5, 0.6) is 0 Å². The number of hydrogen-bond acceptors (Lipinski definition) is 3. The van der Waals surface area contributed by atoms with Crippen molar-refractivity contribution in [2.45, 2.75) is 26.4 Å². The third-order valence-corrected chi connectivity index (χ3v) is 2.71. The van der Waals surface area contributed by atoms with Crippen LogP contribution >= 0.6 is 0 Å². The highest BCUT2D eigenvalue weighted by molar-refractivity contribution is 5.95. The molecule has 4 nitrogen and oxygen atoms in total. The highest BCUT2D eigenvalue weighted by Gasteiger charge is 2.11. The van der Waals surface area contributed by atoms with Gasteiger partial charge in [0.2, 0.25) is 0 Å². The molecule has 0 saturated heterocycles. The number of nitrogen functional groups attached to an aromatic ring is 1. The van der Waals surface area contributed by atoms with Crippen LogP contribution in [0.1, 0.15) is 41.4 Å². The lowest BCUT2D eigenvalue weighted by Crippen LogP contribution is -2.30. The number of methoxy groups -OCH3 is 1. The Morgan fingerprint density at radius 3 is 2.75 bits per heavy atom. The molecular formula is C12H18N2O2. The summed E-state index contributed by atoms with van der Waals surface area (Å²) in [5, 5.41) is 0. The molecule has 0 heterocycles. The van der Waals surface area contributed by atoms with Crippen molar-refractivity contribution in [3.8, 4) is 0 Å². The zero-order chi connectivity index (χ0) is 12.1. The van der Waals surface area contributed by atoms with Gasteiger partial charge in [0, 0.05) is 12.7 Å². The summed E-state index contributed by atoms with van der Waals surface area (Å²) in [6, 6.07) is 5.66. The summed E-state index contributed by atoms with van der Waals surface area (Å²) in [4.78, 5) is 11.5. The Hall–Kier alpha value is -1.39. The molecule has 4 heteroatoms. The highest BCUT2D eigenvalue weighted by Crippen LogP contribution is 2.20. The molecule has 88 valence electrons. The lowest BCUT2D eigenvalue weighted by Gasteiger charge is -2.13. The molecular weight excluding hydrogens is 204 g/mol. The molecule has 3 N–H and O–H groups in total. The van der Waals surface area contributed by atoms with Crippen molar-refractivity contribution in [2.24, 2.45) is 5.84 Å². The van der Waals surface area contributed by atoms with Crippen molar-refractivity contribution < 1.29 is 9.53 Å². The zero-order valence-electron chi connectivity index (χ0n) is 9.91. The van der Waals surface area contributed by atoms with Gasteiger partial charge in [-0.1, -0.05) is 19.1 Å². The lowest BCUT2D eigenvalue weighted by atomic mass is 9.99. The SMILES string of the molecule is CCc1cc(C(C)OC)ccc1C(=O)NN. The molecule has 0 aromatic heterocycles. The van der Waals surface area contributed by atoms with Crippen LogP contribution in [0.25, 0.3) is 0 Å². The number of hydrazine groups is 1. The number of benzene rings is 1. The zero-order valence-corrected chi connectivity index (χ0v) is 9.91. The lowest BCUT2D eigenvalue weighted by molar-refractivity contribution is 0.0952. The fourth-order valence-corrected chi connectivity index (χ4v) is 1.59. The maximum Gasteiger partial charge on any atom is 0.265 e. The van der Waals surface area contributed by atoms with E-state index in [1.165, 1.54) is 0 Å². The second-order valence-electron chi connectivity index (χ2n) is 3.62. The predicted octanol–water partition coefficient (Wildman–Crippen LogP) is 1.56. The van der Waals surface area contributed by atoms with Crippen LogP contribution in [-0.2, 0) is 11.2 Å². The summed E-state index contributed by atoms with van der Waals surface area (Å²) in [7, 11) is 1.66. The quantitative estimate of drug-likeness (QED) is 0.461. The Bertz CT molecular complexity index is 377. The summed E-state index contributed by atoms with van der Waals surface area (Å²) >= 11 is 0. The Kier molecular flexibility index (Phi) is 4.46. The molecule has 1 amide bonds. The van der Waals surface area contributed by atoms with Gasteiger partial charge >= 0.3 is 0 Å². The molecule has 0 radical (unpaired) electrons. The molecule has 16 heavy (non-hydrogen) atoms. The normalized spacial score (nSPS) is 12.2. The van der Waals surface area contributed by atoms with Crippen molar-refractivity contribution in [1.82, 2.24) is 5.43 Å². The number of carbonyl (C=O) groups excluding carboxylic acids is 1. The molecule has 0 aliphatic carbocycles. The molecule has 1 aromatic carbocycles. The minimum Gasteiger partial charge on any atom is -0.377 e. The smallest absolute Gasteiger partial charge is 0.265 e. The van der Waals surface area contributed by atoms with Gasteiger partial charge in [-0.15, -0.1) is 0 Å². The van der Waals surface area contributed by atoms with Crippen LogP contribution in [0.3, 0.4) is 0 Å². The average molecular weight is 222 g/mol. The molecule has 0 spiro atoms. The molecule has 0 aliphatic heterocycles. The van der Waals surface area contributed by atoms with Gasteiger partial charge in [0.15, 0.2) is 0 Å². The van der Waals surface area contributed by atoms with Crippen LogP contribution in [0.15, 0.2) is 18.2 Å². The third-order valence-electron chi connectivity index (χ3n) is 2.71. The second kappa shape index (κ2) is 5.63. The van der Waals surface area contributed by atoms with E-state index < -0.39 is 0 Å². The monoisotopic (exact) mass is 222 g/mol. The predicted molar refractivity (Wildman–Crippen MR) is 62.9 cm³/mol. The third kappa shape index (κ3) is 2.59. The minimum absolute atomic E-state index is 0.0280. The Morgan fingerprint density at radius 2 is 2.25 bits per heavy atom. The highest BCUT2D eigenvalue weighted by atomic mass is 16.5. The van der Waals surface area contributed by atoms with Gasteiger partial charge in [-0.3, -0.25) is 10.2 Å². The van der Waals surface area contributed by atoms with Crippen LogP contribution < -0.4 is 11.3 Å². The minimum atomic E-state index is -0.256. The number of aryl methyl sites for hydroxylation is 1. The van der Waals surface area contributed by atoms with Gasteiger partial charge in [0.25, 0.3) is 5.91 Å². The van der Waals surface area contributed by atoms with E-state index in [9.17, 15) is 4.79 Å². The number of amides is 1. The van der Waals surface area contributed by atoms with Gasteiger partial charge in [-0.25, -0.2) is 5.84 Å². The number of nitrogens with two attached hydrogens (primary N) is 1. The standard InChI is InChI=1S/C12H18N2O2/c1-4-9-7-10(8(2)16-3)5-6-11(9)12(15)14-13/h5-8H,4,13H2,1-3H3,(H,14,15). The first kappa shape index (κ1) is 12.7. The number of hydrogen-bond donors (Lipinski definition) is 2. The van der Waals surface area contributed by atoms with E-state index in [2.05, 4.69) is 5.43 Å². The molecule has 0 saturated carbocycles. The first-order valence-electron chi connectivity index (χ1n) is 5.30. The molecule has 0 bridgehead atoms. The fraction of sp³-hybridized carbons (Fsp3) is 0.417. The van der Waals surface area contributed by atoms with E-state index in [1.54, 1.807) is 13.2 Å². The molecule has 1 aromatic rings. The van der Waals surface area contributed by atoms with Gasteiger partial charge in [-0.2, -0.15) is 0 Å². The van der Waals surface area contributed by atoms with Gasteiger partial charge in [0.05, 0.1) is 6.10 Å². The summed E-state index contributed by atoms with van der Waals surface area (Å²) in [6.45, 7) is 3.97. The molecule has 1 rings (SSSR count). The fourth-order valence-electron chi connectivity index (χ4n) is 1.59. The topological polar surface area (TPSA) is 64.3 Å². The van der Waals surface area contributed by atoms with Gasteiger partial charge in [-0.05, 0) is 30.5 Å². The largest absolute Gasteiger partial charge is 0.377 e. The summed E-state index contributed by atoms with van der Waals surface area (Å²) in [5.41, 5.74) is 4.81. The van der Waals surface area contributed by atoms with Crippen molar-refractivity contribution in [2.75, 3.05) is 7.11 Å². The van der Waals surface area contributed by atoms with E-state index in [1.807, 2.05) is 26.0 Å². The summed E-state index contributed by atoms with van der Waals surface area (Å²) in [6.07, 6.45) is 0.813. The van der Waals surface area contributed by atoms with Crippen molar-refractivity contribution in [3.05, 3.63) is 34.9 Å². The van der Waals surface area contributed by atoms with Gasteiger partial charge < -0.3 is 4.74 Å². The van der Waals surface area contributed by atoms with Crippen LogP contribution in [0.2, 0.25) is 0 Å². The van der Waals surface area contributed by atoms with Crippen LogP contribution in [0, 0.1) is 0 Å². The maximum atomic E-state index is 11.5. The van der Waals surface area contributed by atoms with E-state index >= 15 is 0 Å². The maximum absolute atomic E-state index is 11.5. The van der Waals surface area contributed by atoms with Gasteiger partial charge in [0.1, 0.15) is 0 Å². The van der Waals surface area contributed by atoms with Crippen LogP contribution in [-0.4, -0.2) is 13.0 Å². The Labute approximate surface area is 95.8 Å². The first-order valence-corrected chi connectivity index (χ1v) is 5.30. The van der Waals surface area contributed by atoms with E-state index in [-0.39, 0.29) is 12.0 Å². The molecule has 1 unspecified atom stereocenters. The second-order valence-corrected chi connectivity index (χ2v) is 3.62. The molecule has 0 aliphatic rings. The van der Waals surface area contributed by atoms with E-state index in [4.69, 9.17) is 10.6 Å². The van der Waals surface area contributed by atoms with Crippen molar-refractivity contribution in [1.29, 1.82) is 0 Å². The van der Waals surface area contributed by atoms with Crippen molar-refractivity contribution >= 4 is 5.91 Å². The Morgan fingerprint density at radius 1 is 1.56 bits per heavy atom. The number of rotatable bonds is 4. The first-order chi connectivity index (χ1) is 7.63. The summed E-state index contributed by atoms with van der Waals surface area (Å²) < 4.78 is 5.24. The number of carbonyl (C=O) groups is 1. The summed E-state index contributed by atoms with van der Waals surface area (Å²) in [5.74, 6) is 4.87. The number of ether oxygens (including phenoxy) is 1. The van der Waals surface area contributed by atoms with Crippen molar-refractivity contribution in [3.63, 3.8) is 0 Å². The van der Waals surface area contributed by atoms with E-state index in [0.717, 1.165) is 17.5 Å². The van der Waals surface area contributed by atoms with Crippen LogP contribution in [0.4, 0.5) is 0 Å². The Balaban J connectivity index is 3.11. The average Bonchev–Trinajstić information content (AvgIpc) is 2.35.